The molecular formula is H3B2PS. The second-order valence-corrected chi connectivity index (χ2v) is 1.93. The number of rotatable bonds is 1. The van der Waals surface area contributed by atoms with E-state index >= 15 is 0 Å². The molecule has 1 unspecified atom stereocenters. The van der Waals surface area contributed by atoms with Crippen LogP contribution in [0, 0.1) is 0 Å². The van der Waals surface area contributed by atoms with Gasteiger partial charge in [-0.05, 0) is 0 Å². The number of hydrogen-bond acceptors (Lipinski definition) is 1. The van der Waals surface area contributed by atoms with Crippen molar-refractivity contribution in [2.24, 2.45) is 0 Å². The fourth-order valence-electron chi connectivity index (χ4n) is 0. The number of hydrogen-bond donors (Lipinski definition) is 0. The fraction of sp³-hybridized carbons (Fsp3) is 0. The molecule has 0 aromatic carbocycles. The molecule has 0 saturated heterocycles. The molecule has 20 valence electrons. The molecule has 0 amide bonds. The Hall–Kier alpha value is 0.780. The van der Waals surface area contributed by atoms with E-state index < -0.39 is 0 Å². The first-order chi connectivity index (χ1) is 1.91. The Balaban J connectivity index is 2.30. The molecule has 0 spiro atoms. The Kier molecular flexibility index (Phi) is 4.52. The minimum absolute atomic E-state index is 0.830. The summed E-state index contributed by atoms with van der Waals surface area (Å²) in [6, 6.07) is 0. The third-order valence-corrected chi connectivity index (χ3v) is 1.06. The predicted molar refractivity (Wildman–Crippen MR) is 30.2 cm³/mol. The van der Waals surface area contributed by atoms with Gasteiger partial charge in [0.1, 0.15) is 0 Å². The molecule has 1 atom stereocenters. The third kappa shape index (κ3) is 2.78. The minimum atomic E-state index is 0.830. The van der Waals surface area contributed by atoms with Crippen molar-refractivity contribution in [3.8, 4) is 0 Å². The van der Waals surface area contributed by atoms with Gasteiger partial charge in [0.25, 0.3) is 0 Å². The Morgan fingerprint density at radius 2 is 2.25 bits per heavy atom. The Bertz CT molecular complexity index is 20.0. The Labute approximate surface area is 34.6 Å². The summed E-state index contributed by atoms with van der Waals surface area (Å²) >= 11 is 4.44. The second kappa shape index (κ2) is 3.78. The summed E-state index contributed by atoms with van der Waals surface area (Å²) in [6.07, 6.45) is 0. The zero-order valence-corrected chi connectivity index (χ0v) is 4.30. The van der Waals surface area contributed by atoms with Crippen molar-refractivity contribution < 1.29 is 0 Å². The fourth-order valence-corrected chi connectivity index (χ4v) is 0. The van der Waals surface area contributed by atoms with E-state index in [4.69, 9.17) is 0 Å². The second-order valence-electron chi connectivity index (χ2n) is 0.407. The van der Waals surface area contributed by atoms with Crippen LogP contribution in [-0.2, 0) is 0 Å². The molecule has 4 heavy (non-hydrogen) atoms. The molecule has 0 fully saturated rings. The third-order valence-electron chi connectivity index (χ3n) is 0.118. The molecule has 0 aromatic rings. The van der Waals surface area contributed by atoms with Gasteiger partial charge in [-0.1, -0.05) is 0 Å². The van der Waals surface area contributed by atoms with Crippen LogP contribution in [0.2, 0.25) is 0 Å². The molecule has 0 radical (unpaired) electrons. The molecule has 0 aliphatic heterocycles. The van der Waals surface area contributed by atoms with E-state index in [2.05, 4.69) is 12.1 Å². The molecular weight excluding hydrogens is 84.7 g/mol. The molecule has 0 aliphatic rings. The van der Waals surface area contributed by atoms with Crippen molar-refractivity contribution in [3.63, 3.8) is 0 Å². The van der Waals surface area contributed by atoms with Gasteiger partial charge in [-0.15, -0.1) is 0 Å². The standard InChI is InChI=1S/B2H3PS/c1-3-2-4/h3H,1H2. The summed E-state index contributed by atoms with van der Waals surface area (Å²) in [5.41, 5.74) is 0. The molecule has 4 heteroatoms. The van der Waals surface area contributed by atoms with Crippen LogP contribution < -0.4 is 0 Å². The van der Waals surface area contributed by atoms with Gasteiger partial charge in [-0.2, -0.15) is 0 Å². The van der Waals surface area contributed by atoms with E-state index in [0.717, 1.165) is 8.34 Å². The van der Waals surface area contributed by atoms with E-state index in [1.54, 1.807) is 5.87 Å². The molecule has 0 saturated carbocycles. The van der Waals surface area contributed by atoms with Gasteiger partial charge in [0.2, 0.25) is 0 Å². The molecule has 0 rings (SSSR count). The van der Waals surface area contributed by atoms with Crippen molar-refractivity contribution in [1.29, 1.82) is 0 Å². The van der Waals surface area contributed by atoms with E-state index in [9.17, 15) is 0 Å². The van der Waals surface area contributed by atoms with Gasteiger partial charge >= 0.3 is 33.8 Å². The predicted octanol–water partition coefficient (Wildman–Crippen LogP) is -0.0553. The zero-order valence-electron chi connectivity index (χ0n) is 2.49. The summed E-state index contributed by atoms with van der Waals surface area (Å²) in [5, 5.41) is 0. The van der Waals surface area contributed by atoms with E-state index in [0.29, 0.717) is 0 Å². The first kappa shape index (κ1) is 4.78. The van der Waals surface area contributed by atoms with Gasteiger partial charge in [0.05, 0.1) is 0 Å². The van der Waals surface area contributed by atoms with Crippen LogP contribution in [-0.4, -0.2) is 13.4 Å². The normalized spacial score (nSPS) is 8.00. The first-order valence-electron chi connectivity index (χ1n) is 1.02. The zero-order chi connectivity index (χ0) is 3.41. The monoisotopic (exact) mass is 88.0 g/mol. The van der Waals surface area contributed by atoms with Gasteiger partial charge < -0.3 is 0 Å². The van der Waals surface area contributed by atoms with Crippen LogP contribution in [0.25, 0.3) is 0 Å². The topological polar surface area (TPSA) is 0 Å². The SMILES string of the molecule is BPB=S. The quantitative estimate of drug-likeness (QED) is 0.319. The van der Waals surface area contributed by atoms with Gasteiger partial charge in [-0.25, -0.2) is 0 Å². The molecule has 0 heterocycles. The first-order valence-corrected chi connectivity index (χ1v) is 3.07. The van der Waals surface area contributed by atoms with Gasteiger partial charge in [0.15, 0.2) is 0 Å². The van der Waals surface area contributed by atoms with Crippen molar-refractivity contribution in [2.75, 3.05) is 0 Å². The molecule has 0 nitrogen and oxygen atoms in total. The van der Waals surface area contributed by atoms with Crippen molar-refractivity contribution in [1.82, 2.24) is 0 Å². The summed E-state index contributed by atoms with van der Waals surface area (Å²) < 4.78 is 0. The van der Waals surface area contributed by atoms with E-state index in [1.165, 1.54) is 0 Å². The van der Waals surface area contributed by atoms with Crippen molar-refractivity contribution >= 4 is 33.8 Å². The molecule has 0 aromatic heterocycles. The van der Waals surface area contributed by atoms with Gasteiger partial charge in [0, 0.05) is 0 Å². The average molecular weight is 87.7 g/mol. The molecule has 0 N–H and O–H groups in total. The van der Waals surface area contributed by atoms with Crippen LogP contribution in [0.5, 0.6) is 0 Å². The van der Waals surface area contributed by atoms with Crippen LogP contribution in [0.15, 0.2) is 0 Å². The summed E-state index contributed by atoms with van der Waals surface area (Å²) in [5.74, 6) is 1.74. The van der Waals surface area contributed by atoms with Crippen LogP contribution in [0.1, 0.15) is 0 Å². The molecule has 0 aliphatic carbocycles. The van der Waals surface area contributed by atoms with Crippen LogP contribution in [0.4, 0.5) is 0 Å². The Morgan fingerprint density at radius 3 is 2.25 bits per heavy atom. The molecule has 0 bridgehead atoms. The maximum atomic E-state index is 4.44. The summed E-state index contributed by atoms with van der Waals surface area (Å²) in [7, 11) is 2.88. The average Bonchev–Trinajstić information content (AvgIpc) is 1.37. The Morgan fingerprint density at radius 1 is 2.00 bits per heavy atom. The summed E-state index contributed by atoms with van der Waals surface area (Å²) in [4.78, 5) is 0. The van der Waals surface area contributed by atoms with E-state index in [-0.39, 0.29) is 0 Å². The maximum absolute atomic E-state index is 4.44. The van der Waals surface area contributed by atoms with Crippen LogP contribution in [0.3, 0.4) is 0 Å². The summed E-state index contributed by atoms with van der Waals surface area (Å²) in [6.45, 7) is 0. The van der Waals surface area contributed by atoms with Gasteiger partial charge in [-0.3, -0.25) is 0 Å². The van der Waals surface area contributed by atoms with Crippen molar-refractivity contribution in [3.05, 3.63) is 0 Å². The van der Waals surface area contributed by atoms with Crippen molar-refractivity contribution in [2.45, 2.75) is 0 Å². The van der Waals surface area contributed by atoms with Crippen LogP contribution >= 0.6 is 20.4 Å². The van der Waals surface area contributed by atoms with E-state index in [1.807, 2.05) is 7.57 Å².